The van der Waals surface area contributed by atoms with Crippen molar-refractivity contribution in [3.63, 3.8) is 0 Å². The van der Waals surface area contributed by atoms with E-state index in [9.17, 15) is 4.79 Å². The van der Waals surface area contributed by atoms with E-state index in [-0.39, 0.29) is 11.9 Å². The first-order valence-corrected chi connectivity index (χ1v) is 7.72. The molecule has 0 aliphatic rings. The lowest BCUT2D eigenvalue weighted by molar-refractivity contribution is 0.0827. The maximum absolute atomic E-state index is 11.8. The summed E-state index contributed by atoms with van der Waals surface area (Å²) in [5.74, 6) is 0.0172. The highest BCUT2D eigenvalue weighted by Crippen LogP contribution is 2.27. The van der Waals surface area contributed by atoms with Crippen LogP contribution in [0.2, 0.25) is 0 Å². The van der Waals surface area contributed by atoms with E-state index >= 15 is 0 Å². The maximum atomic E-state index is 11.8. The fourth-order valence-corrected chi connectivity index (χ4v) is 3.16. The van der Waals surface area contributed by atoms with Gasteiger partial charge in [0.25, 0.3) is 5.91 Å². The van der Waals surface area contributed by atoms with Crippen LogP contribution < -0.4 is 5.32 Å². The van der Waals surface area contributed by atoms with Gasteiger partial charge in [0, 0.05) is 30.2 Å². The largest absolute Gasteiger partial charge is 0.378 e. The summed E-state index contributed by atoms with van der Waals surface area (Å²) in [6, 6.07) is 7.78. The fourth-order valence-electron chi connectivity index (χ4n) is 2.23. The number of amides is 1. The topological polar surface area (TPSA) is 45.2 Å². The molecule has 112 valence electrons. The van der Waals surface area contributed by atoms with Crippen molar-refractivity contribution in [1.82, 2.24) is 9.88 Å². The third-order valence-electron chi connectivity index (χ3n) is 3.25. The van der Waals surface area contributed by atoms with Crippen LogP contribution in [0.25, 0.3) is 0 Å². The highest BCUT2D eigenvalue weighted by atomic mass is 32.1. The Kier molecular flexibility index (Phi) is 4.63. The van der Waals surface area contributed by atoms with Crippen LogP contribution in [0, 0.1) is 13.8 Å². The van der Waals surface area contributed by atoms with Crippen LogP contribution in [0.3, 0.4) is 0 Å². The number of carbonyl (C=O) groups excluding carboxylic acids is 1. The van der Waals surface area contributed by atoms with E-state index in [1.54, 1.807) is 30.3 Å². The number of nitrogens with zero attached hydrogens (tertiary/aromatic N) is 2. The molecule has 0 saturated carbocycles. The number of carbonyl (C=O) groups is 1. The summed E-state index contributed by atoms with van der Waals surface area (Å²) >= 11 is 1.72. The Labute approximate surface area is 129 Å². The number of hydrogen-bond acceptors (Lipinski definition) is 4. The predicted molar refractivity (Wildman–Crippen MR) is 88.1 cm³/mol. The van der Waals surface area contributed by atoms with Crippen molar-refractivity contribution in [3.05, 3.63) is 45.4 Å². The minimum absolute atomic E-state index is 0.0172. The van der Waals surface area contributed by atoms with Crippen LogP contribution in [0.15, 0.2) is 24.3 Å². The molecule has 1 aromatic heterocycles. The molecule has 2 rings (SSSR count). The van der Waals surface area contributed by atoms with E-state index in [1.807, 2.05) is 38.1 Å². The molecule has 21 heavy (non-hydrogen) atoms. The summed E-state index contributed by atoms with van der Waals surface area (Å²) < 4.78 is 0. The van der Waals surface area contributed by atoms with E-state index in [0.29, 0.717) is 5.56 Å². The zero-order valence-electron chi connectivity index (χ0n) is 13.1. The molecule has 2 aromatic rings. The van der Waals surface area contributed by atoms with E-state index < -0.39 is 0 Å². The molecular formula is C16H21N3OS. The number of nitrogens with one attached hydrogen (secondary N) is 1. The second kappa shape index (κ2) is 6.26. The van der Waals surface area contributed by atoms with Gasteiger partial charge in [-0.25, -0.2) is 4.98 Å². The molecule has 0 saturated heterocycles. The number of thiazole rings is 1. The second-order valence-corrected chi connectivity index (χ2v) is 6.56. The Morgan fingerprint density at radius 3 is 2.33 bits per heavy atom. The van der Waals surface area contributed by atoms with Gasteiger partial charge in [-0.3, -0.25) is 4.79 Å². The van der Waals surface area contributed by atoms with Crippen molar-refractivity contribution in [2.24, 2.45) is 0 Å². The highest BCUT2D eigenvalue weighted by molar-refractivity contribution is 7.11. The highest BCUT2D eigenvalue weighted by Gasteiger charge is 2.13. The molecule has 0 aliphatic heterocycles. The summed E-state index contributed by atoms with van der Waals surface area (Å²) in [6.45, 7) is 6.18. The van der Waals surface area contributed by atoms with Crippen LogP contribution in [0.5, 0.6) is 0 Å². The van der Waals surface area contributed by atoms with Crippen LogP contribution in [0.4, 0.5) is 5.69 Å². The molecule has 1 aromatic carbocycles. The van der Waals surface area contributed by atoms with Crippen molar-refractivity contribution in [2.75, 3.05) is 19.4 Å². The third-order valence-corrected chi connectivity index (χ3v) is 4.51. The van der Waals surface area contributed by atoms with Crippen molar-refractivity contribution in [1.29, 1.82) is 0 Å². The molecule has 0 radical (unpaired) electrons. The average Bonchev–Trinajstić information content (AvgIpc) is 2.77. The van der Waals surface area contributed by atoms with E-state index in [2.05, 4.69) is 17.2 Å². The van der Waals surface area contributed by atoms with Gasteiger partial charge in [-0.05, 0) is 45.0 Å². The number of hydrogen-bond donors (Lipinski definition) is 1. The lowest BCUT2D eigenvalue weighted by Crippen LogP contribution is -2.21. The van der Waals surface area contributed by atoms with Gasteiger partial charge in [-0.1, -0.05) is 0 Å². The number of benzene rings is 1. The normalized spacial score (nSPS) is 12.0. The zero-order valence-corrected chi connectivity index (χ0v) is 13.9. The Bertz CT molecular complexity index is 631. The lowest BCUT2D eigenvalue weighted by atomic mass is 10.1. The van der Waals surface area contributed by atoms with Gasteiger partial charge in [0.1, 0.15) is 0 Å². The molecule has 0 spiro atoms. The van der Waals surface area contributed by atoms with Crippen molar-refractivity contribution >= 4 is 22.9 Å². The summed E-state index contributed by atoms with van der Waals surface area (Å²) in [4.78, 5) is 19.1. The fraction of sp³-hybridized carbons (Fsp3) is 0.375. The van der Waals surface area contributed by atoms with Crippen LogP contribution in [-0.4, -0.2) is 29.9 Å². The Hall–Kier alpha value is -1.88. The quantitative estimate of drug-likeness (QED) is 0.938. The smallest absolute Gasteiger partial charge is 0.253 e. The summed E-state index contributed by atoms with van der Waals surface area (Å²) in [7, 11) is 3.51. The molecule has 5 heteroatoms. The van der Waals surface area contributed by atoms with Gasteiger partial charge in [-0.2, -0.15) is 0 Å². The Morgan fingerprint density at radius 2 is 1.86 bits per heavy atom. The predicted octanol–water partition coefficient (Wildman–Crippen LogP) is 3.63. The van der Waals surface area contributed by atoms with Crippen LogP contribution >= 0.6 is 11.3 Å². The molecule has 0 fully saturated rings. The molecule has 1 atom stereocenters. The maximum Gasteiger partial charge on any atom is 0.253 e. The van der Waals surface area contributed by atoms with Gasteiger partial charge >= 0.3 is 0 Å². The molecule has 0 bridgehead atoms. The lowest BCUT2D eigenvalue weighted by Gasteiger charge is -2.15. The average molecular weight is 303 g/mol. The summed E-state index contributed by atoms with van der Waals surface area (Å²) in [6.07, 6.45) is 0. The molecule has 1 heterocycles. The van der Waals surface area contributed by atoms with Crippen molar-refractivity contribution in [2.45, 2.75) is 26.8 Å². The first-order chi connectivity index (χ1) is 9.88. The number of rotatable bonds is 4. The molecule has 0 aliphatic carbocycles. The van der Waals surface area contributed by atoms with Gasteiger partial charge in [-0.15, -0.1) is 11.3 Å². The van der Waals surface area contributed by atoms with Gasteiger partial charge in [0.15, 0.2) is 0 Å². The minimum Gasteiger partial charge on any atom is -0.378 e. The van der Waals surface area contributed by atoms with E-state index in [1.165, 1.54) is 4.88 Å². The number of anilines is 1. The monoisotopic (exact) mass is 303 g/mol. The number of aromatic nitrogens is 1. The van der Waals surface area contributed by atoms with Gasteiger partial charge < -0.3 is 10.2 Å². The SMILES string of the molecule is Cc1nc(C)c(C(C)Nc2ccc(C(=O)N(C)C)cc2)s1. The van der Waals surface area contributed by atoms with Crippen molar-refractivity contribution < 1.29 is 4.79 Å². The van der Waals surface area contributed by atoms with Gasteiger partial charge in [0.05, 0.1) is 16.7 Å². The van der Waals surface area contributed by atoms with E-state index in [4.69, 9.17) is 0 Å². The summed E-state index contributed by atoms with van der Waals surface area (Å²) in [5.41, 5.74) is 2.78. The zero-order chi connectivity index (χ0) is 15.6. The van der Waals surface area contributed by atoms with E-state index in [0.717, 1.165) is 16.4 Å². The van der Waals surface area contributed by atoms with Gasteiger partial charge in [0.2, 0.25) is 0 Å². The molecule has 1 amide bonds. The molecule has 1 unspecified atom stereocenters. The van der Waals surface area contributed by atoms with Crippen molar-refractivity contribution in [3.8, 4) is 0 Å². The Balaban J connectivity index is 2.10. The number of aryl methyl sites for hydroxylation is 2. The summed E-state index contributed by atoms with van der Waals surface area (Å²) in [5, 5.41) is 4.54. The molecule has 1 N–H and O–H groups in total. The molecular weight excluding hydrogens is 282 g/mol. The first kappa shape index (κ1) is 15.5. The molecule has 4 nitrogen and oxygen atoms in total. The standard InChI is InChI=1S/C16H21N3OS/c1-10-15(21-12(3)17-10)11(2)18-14-8-6-13(7-9-14)16(20)19(4)5/h6-9,11,18H,1-5H3. The minimum atomic E-state index is 0.0172. The third kappa shape index (κ3) is 3.61. The van der Waals surface area contributed by atoms with Crippen LogP contribution in [0.1, 0.15) is 38.9 Å². The van der Waals surface area contributed by atoms with Crippen LogP contribution in [-0.2, 0) is 0 Å². The second-order valence-electron chi connectivity index (χ2n) is 5.33. The Morgan fingerprint density at radius 1 is 1.24 bits per heavy atom. The first-order valence-electron chi connectivity index (χ1n) is 6.90.